The number of nitrogens with one attached hydrogen (secondary N) is 1. The van der Waals surface area contributed by atoms with E-state index in [9.17, 15) is 9.59 Å². The summed E-state index contributed by atoms with van der Waals surface area (Å²) in [6.07, 6.45) is 4.76. The molecule has 0 aliphatic carbocycles. The van der Waals surface area contributed by atoms with Gasteiger partial charge in [-0.25, -0.2) is 9.59 Å². The first-order valence-corrected chi connectivity index (χ1v) is 16.5. The highest BCUT2D eigenvalue weighted by molar-refractivity contribution is 6.74. The third kappa shape index (κ3) is 11.5. The standard InChI is InChI=1S/C29H51NO5Si/c1-10-11-12-14-17-22(2)26(23(3)20-34-36(8,9)29(5,6)7)35-27(31)24(4)30-28(32)33-21-25-18-15-13-16-19-25/h13,15-16,18-19,22-24,26H,10-12,14,17,20-21H2,1-9H3,(H,30,32)/t22-,23-,24-,26+/m0/s1. The van der Waals surface area contributed by atoms with Gasteiger partial charge in [-0.05, 0) is 43.0 Å². The zero-order valence-corrected chi connectivity index (χ0v) is 25.2. The monoisotopic (exact) mass is 521 g/mol. The molecule has 0 unspecified atom stereocenters. The Morgan fingerprint density at radius 3 is 2.19 bits per heavy atom. The molecule has 0 fully saturated rings. The Hall–Kier alpha value is -1.86. The fourth-order valence-corrected chi connectivity index (χ4v) is 4.85. The van der Waals surface area contributed by atoms with Crippen LogP contribution in [0, 0.1) is 11.8 Å². The van der Waals surface area contributed by atoms with E-state index in [-0.39, 0.29) is 29.6 Å². The van der Waals surface area contributed by atoms with Crippen LogP contribution in [0.1, 0.15) is 86.1 Å². The molecule has 4 atom stereocenters. The number of ether oxygens (including phenoxy) is 2. The van der Waals surface area contributed by atoms with Crippen LogP contribution in [0.2, 0.25) is 18.1 Å². The Morgan fingerprint density at radius 1 is 0.972 bits per heavy atom. The summed E-state index contributed by atoms with van der Waals surface area (Å²) in [7, 11) is -1.92. The third-order valence-corrected chi connectivity index (χ3v) is 11.8. The van der Waals surface area contributed by atoms with Gasteiger partial charge >= 0.3 is 12.1 Å². The Bertz CT molecular complexity index is 778. The van der Waals surface area contributed by atoms with Gasteiger partial charge in [0.05, 0.1) is 0 Å². The first-order valence-electron chi connectivity index (χ1n) is 13.6. The topological polar surface area (TPSA) is 73.9 Å². The summed E-state index contributed by atoms with van der Waals surface area (Å²) in [5.41, 5.74) is 0.885. The lowest BCUT2D eigenvalue weighted by Crippen LogP contribution is -2.46. The molecule has 1 N–H and O–H groups in total. The van der Waals surface area contributed by atoms with Crippen LogP contribution in [-0.4, -0.2) is 39.1 Å². The lowest BCUT2D eigenvalue weighted by Gasteiger charge is -2.38. The van der Waals surface area contributed by atoms with E-state index in [0.29, 0.717) is 6.61 Å². The number of amides is 1. The fraction of sp³-hybridized carbons (Fsp3) is 0.724. The number of esters is 1. The van der Waals surface area contributed by atoms with Crippen molar-refractivity contribution < 1.29 is 23.5 Å². The Labute approximate surface area is 221 Å². The van der Waals surface area contributed by atoms with Crippen molar-refractivity contribution in [2.75, 3.05) is 6.61 Å². The second-order valence-electron chi connectivity index (χ2n) is 11.7. The van der Waals surface area contributed by atoms with Gasteiger partial charge in [0.15, 0.2) is 8.32 Å². The summed E-state index contributed by atoms with van der Waals surface area (Å²) < 4.78 is 17.8. The van der Waals surface area contributed by atoms with Crippen LogP contribution in [0.3, 0.4) is 0 Å². The van der Waals surface area contributed by atoms with Gasteiger partial charge in [-0.1, -0.05) is 97.6 Å². The van der Waals surface area contributed by atoms with E-state index in [1.54, 1.807) is 6.92 Å². The minimum absolute atomic E-state index is 0.0430. The molecule has 1 aromatic carbocycles. The average Bonchev–Trinajstić information content (AvgIpc) is 2.82. The van der Waals surface area contributed by atoms with E-state index in [4.69, 9.17) is 13.9 Å². The van der Waals surface area contributed by atoms with Crippen molar-refractivity contribution in [3.8, 4) is 0 Å². The highest BCUT2D eigenvalue weighted by Crippen LogP contribution is 2.37. The molecule has 1 aromatic rings. The van der Waals surface area contributed by atoms with Crippen LogP contribution in [-0.2, 0) is 25.3 Å². The predicted molar refractivity (Wildman–Crippen MR) is 149 cm³/mol. The molecule has 0 saturated heterocycles. The van der Waals surface area contributed by atoms with Crippen LogP contribution in [0.25, 0.3) is 0 Å². The number of rotatable bonds is 15. The maximum atomic E-state index is 13.0. The van der Waals surface area contributed by atoms with Gasteiger partial charge in [-0.15, -0.1) is 0 Å². The maximum Gasteiger partial charge on any atom is 0.408 e. The summed E-state index contributed by atoms with van der Waals surface area (Å²) in [6.45, 7) is 19.9. The van der Waals surface area contributed by atoms with Gasteiger partial charge < -0.3 is 19.2 Å². The van der Waals surface area contributed by atoms with Gasteiger partial charge in [-0.3, -0.25) is 0 Å². The summed E-state index contributed by atoms with van der Waals surface area (Å²) in [5, 5.41) is 2.72. The minimum atomic E-state index is -1.92. The molecule has 0 radical (unpaired) electrons. The number of alkyl carbamates (subject to hydrolysis) is 1. The summed E-state index contributed by atoms with van der Waals surface area (Å²) in [6, 6.07) is 8.62. The molecule has 36 heavy (non-hydrogen) atoms. The van der Waals surface area contributed by atoms with Crippen LogP contribution in [0.5, 0.6) is 0 Å². The fourth-order valence-electron chi connectivity index (χ4n) is 3.74. The molecule has 1 amide bonds. The van der Waals surface area contributed by atoms with Crippen LogP contribution >= 0.6 is 0 Å². The Kier molecular flexibility index (Phi) is 13.8. The Morgan fingerprint density at radius 2 is 1.61 bits per heavy atom. The molecule has 1 rings (SSSR count). The molecule has 0 aromatic heterocycles. The van der Waals surface area contributed by atoms with Crippen LogP contribution in [0.4, 0.5) is 4.79 Å². The molecular weight excluding hydrogens is 470 g/mol. The number of hydrogen-bond donors (Lipinski definition) is 1. The third-order valence-electron chi connectivity index (χ3n) is 7.30. The molecular formula is C29H51NO5Si. The van der Waals surface area contributed by atoms with Crippen molar-refractivity contribution in [2.45, 2.75) is 117 Å². The van der Waals surface area contributed by atoms with Crippen molar-refractivity contribution >= 4 is 20.4 Å². The van der Waals surface area contributed by atoms with Gasteiger partial charge in [0, 0.05) is 12.5 Å². The zero-order valence-electron chi connectivity index (χ0n) is 24.2. The minimum Gasteiger partial charge on any atom is -0.460 e. The second-order valence-corrected chi connectivity index (χ2v) is 16.5. The van der Waals surface area contributed by atoms with Crippen molar-refractivity contribution in [2.24, 2.45) is 11.8 Å². The van der Waals surface area contributed by atoms with Crippen molar-refractivity contribution in [3.63, 3.8) is 0 Å². The van der Waals surface area contributed by atoms with Gasteiger partial charge in [-0.2, -0.15) is 0 Å². The molecule has 206 valence electrons. The first kappa shape index (κ1) is 32.2. The van der Waals surface area contributed by atoms with Gasteiger partial charge in [0.25, 0.3) is 0 Å². The van der Waals surface area contributed by atoms with Gasteiger partial charge in [0.1, 0.15) is 18.8 Å². The normalized spacial score (nSPS) is 15.5. The maximum absolute atomic E-state index is 13.0. The molecule has 0 aliphatic rings. The number of carbonyl (C=O) groups is 2. The van der Waals surface area contributed by atoms with Crippen molar-refractivity contribution in [1.29, 1.82) is 0 Å². The van der Waals surface area contributed by atoms with E-state index >= 15 is 0 Å². The highest BCUT2D eigenvalue weighted by atomic mass is 28.4. The van der Waals surface area contributed by atoms with E-state index < -0.39 is 26.4 Å². The molecule has 0 saturated carbocycles. The lowest BCUT2D eigenvalue weighted by molar-refractivity contribution is -0.157. The van der Waals surface area contributed by atoms with Gasteiger partial charge in [0.2, 0.25) is 0 Å². The lowest BCUT2D eigenvalue weighted by atomic mass is 9.89. The van der Waals surface area contributed by atoms with Crippen LogP contribution in [0.15, 0.2) is 30.3 Å². The SMILES string of the molecule is CCCCCC[C@H](C)[C@@H](OC(=O)[C@H](C)NC(=O)OCc1ccccc1)[C@@H](C)CO[Si](C)(C)C(C)(C)C. The van der Waals surface area contributed by atoms with Crippen molar-refractivity contribution in [3.05, 3.63) is 35.9 Å². The number of benzene rings is 1. The first-order chi connectivity index (χ1) is 16.8. The summed E-state index contributed by atoms with van der Waals surface area (Å²) >= 11 is 0. The van der Waals surface area contributed by atoms with Crippen molar-refractivity contribution in [1.82, 2.24) is 5.32 Å². The number of hydrogen-bond acceptors (Lipinski definition) is 5. The zero-order chi connectivity index (χ0) is 27.4. The summed E-state index contributed by atoms with van der Waals surface area (Å²) in [5.74, 6) is -0.209. The van der Waals surface area contributed by atoms with Crippen LogP contribution < -0.4 is 5.32 Å². The molecule has 0 bridgehead atoms. The van der Waals surface area contributed by atoms with E-state index in [0.717, 1.165) is 18.4 Å². The molecule has 0 heterocycles. The quantitative estimate of drug-likeness (QED) is 0.147. The number of carbonyl (C=O) groups excluding carboxylic acids is 2. The van der Waals surface area contributed by atoms with E-state index in [1.807, 2.05) is 30.3 Å². The molecule has 0 spiro atoms. The molecule has 0 aliphatic heterocycles. The Balaban J connectivity index is 2.76. The second kappa shape index (κ2) is 15.4. The highest BCUT2D eigenvalue weighted by Gasteiger charge is 2.38. The molecule has 6 nitrogen and oxygen atoms in total. The average molecular weight is 522 g/mol. The smallest absolute Gasteiger partial charge is 0.408 e. The predicted octanol–water partition coefficient (Wildman–Crippen LogP) is 7.48. The largest absolute Gasteiger partial charge is 0.460 e. The summed E-state index contributed by atoms with van der Waals surface area (Å²) in [4.78, 5) is 25.2. The van der Waals surface area contributed by atoms with E-state index in [2.05, 4.69) is 60.0 Å². The molecule has 7 heteroatoms. The van der Waals surface area contributed by atoms with E-state index in [1.165, 1.54) is 19.3 Å². The number of unbranched alkanes of at least 4 members (excludes halogenated alkanes) is 3.